The van der Waals surface area contributed by atoms with E-state index < -0.39 is 10.0 Å². The summed E-state index contributed by atoms with van der Waals surface area (Å²) in [6.07, 6.45) is 3.03. The van der Waals surface area contributed by atoms with Crippen molar-refractivity contribution < 1.29 is 8.42 Å². The summed E-state index contributed by atoms with van der Waals surface area (Å²) in [5, 5.41) is 5.00. The van der Waals surface area contributed by atoms with Crippen molar-refractivity contribution in [1.82, 2.24) is 9.62 Å². The van der Waals surface area contributed by atoms with Crippen LogP contribution in [0.4, 0.5) is 0 Å². The van der Waals surface area contributed by atoms with Crippen molar-refractivity contribution in [3.05, 3.63) is 16.3 Å². The maximum Gasteiger partial charge on any atom is 0.243 e. The zero-order valence-electron chi connectivity index (χ0n) is 13.2. The molecule has 0 unspecified atom stereocenters. The highest BCUT2D eigenvalue weighted by atomic mass is 32.2. The lowest BCUT2D eigenvalue weighted by atomic mass is 9.79. The molecule has 1 saturated heterocycles. The van der Waals surface area contributed by atoms with Crippen molar-refractivity contribution in [1.29, 1.82) is 0 Å². The molecule has 21 heavy (non-hydrogen) atoms. The van der Waals surface area contributed by atoms with E-state index in [1.165, 1.54) is 11.3 Å². The molecule has 1 aliphatic heterocycles. The van der Waals surface area contributed by atoms with Gasteiger partial charge < -0.3 is 5.32 Å². The molecule has 0 radical (unpaired) electrons. The number of nitrogens with zero attached hydrogens (tertiary/aromatic N) is 1. The van der Waals surface area contributed by atoms with Gasteiger partial charge in [0.1, 0.15) is 0 Å². The fraction of sp³-hybridized carbons (Fsp3) is 0.733. The molecule has 0 bridgehead atoms. The molecule has 6 heteroatoms. The molecule has 1 aromatic heterocycles. The van der Waals surface area contributed by atoms with E-state index in [2.05, 4.69) is 19.2 Å². The van der Waals surface area contributed by atoms with Crippen molar-refractivity contribution in [2.24, 2.45) is 5.41 Å². The van der Waals surface area contributed by atoms with Crippen molar-refractivity contribution in [3.8, 4) is 0 Å². The first-order chi connectivity index (χ1) is 9.91. The number of rotatable bonds is 6. The van der Waals surface area contributed by atoms with E-state index in [0.29, 0.717) is 23.4 Å². The smallest absolute Gasteiger partial charge is 0.243 e. The fourth-order valence-corrected chi connectivity index (χ4v) is 5.28. The molecule has 2 heterocycles. The van der Waals surface area contributed by atoms with Crippen LogP contribution < -0.4 is 5.32 Å². The maximum absolute atomic E-state index is 12.7. The highest BCUT2D eigenvalue weighted by Crippen LogP contribution is 2.36. The minimum Gasteiger partial charge on any atom is -0.312 e. The fourth-order valence-electron chi connectivity index (χ4n) is 2.61. The largest absolute Gasteiger partial charge is 0.312 e. The second kappa shape index (κ2) is 6.77. The zero-order valence-corrected chi connectivity index (χ0v) is 14.8. The first kappa shape index (κ1) is 16.9. The van der Waals surface area contributed by atoms with Gasteiger partial charge in [0.25, 0.3) is 0 Å². The molecule has 0 amide bonds. The van der Waals surface area contributed by atoms with Gasteiger partial charge >= 0.3 is 0 Å². The molecule has 2 rings (SSSR count). The predicted octanol–water partition coefficient (Wildman–Crippen LogP) is 3.06. The van der Waals surface area contributed by atoms with Crippen LogP contribution in [-0.4, -0.2) is 32.4 Å². The lowest BCUT2D eigenvalue weighted by Crippen LogP contribution is -2.41. The number of hydrogen-bond acceptors (Lipinski definition) is 4. The van der Waals surface area contributed by atoms with Gasteiger partial charge in [-0.3, -0.25) is 0 Å². The topological polar surface area (TPSA) is 49.4 Å². The van der Waals surface area contributed by atoms with Crippen LogP contribution in [0.1, 0.15) is 44.9 Å². The van der Waals surface area contributed by atoms with E-state index in [1.54, 1.807) is 9.69 Å². The number of thiophene rings is 1. The Morgan fingerprint density at radius 1 is 1.33 bits per heavy atom. The third kappa shape index (κ3) is 3.86. The van der Waals surface area contributed by atoms with Crippen LogP contribution in [-0.2, 0) is 16.6 Å². The predicted molar refractivity (Wildman–Crippen MR) is 88.1 cm³/mol. The van der Waals surface area contributed by atoms with Crippen LogP contribution in [0.3, 0.4) is 0 Å². The molecule has 0 saturated carbocycles. The normalized spacial score (nSPS) is 19.8. The minimum atomic E-state index is -3.31. The number of sulfonamides is 1. The van der Waals surface area contributed by atoms with Gasteiger partial charge in [-0.2, -0.15) is 4.31 Å². The van der Waals surface area contributed by atoms with Gasteiger partial charge in [-0.1, -0.05) is 27.2 Å². The van der Waals surface area contributed by atoms with Gasteiger partial charge in [-0.05, 0) is 30.9 Å². The molecule has 4 nitrogen and oxygen atoms in total. The standard InChI is InChI=1S/C15H26N2O2S2/c1-4-15(3)6-8-17(9-7-15)21(18,19)14-10-13(20-12-14)11-16-5-2/h10,12,16H,4-9,11H2,1-3H3. The van der Waals surface area contributed by atoms with Crippen molar-refractivity contribution in [2.75, 3.05) is 19.6 Å². The first-order valence-corrected chi connectivity index (χ1v) is 10.0. The molecule has 0 aromatic carbocycles. The van der Waals surface area contributed by atoms with E-state index in [0.717, 1.165) is 37.2 Å². The molecule has 0 aliphatic carbocycles. The Bertz CT molecular complexity index is 558. The molecular weight excluding hydrogens is 304 g/mol. The zero-order chi connectivity index (χ0) is 15.5. The molecule has 0 atom stereocenters. The highest BCUT2D eigenvalue weighted by Gasteiger charge is 2.34. The van der Waals surface area contributed by atoms with Crippen LogP contribution in [0.2, 0.25) is 0 Å². The second-order valence-electron chi connectivity index (χ2n) is 6.10. The number of nitrogens with one attached hydrogen (secondary N) is 1. The molecule has 1 aliphatic rings. The van der Waals surface area contributed by atoms with Gasteiger partial charge in [0.05, 0.1) is 4.90 Å². The Morgan fingerprint density at radius 2 is 2.00 bits per heavy atom. The number of hydrogen-bond donors (Lipinski definition) is 1. The van der Waals surface area contributed by atoms with E-state index in [4.69, 9.17) is 0 Å². The summed E-state index contributed by atoms with van der Waals surface area (Å²) >= 11 is 1.52. The average Bonchev–Trinajstić information content (AvgIpc) is 2.95. The van der Waals surface area contributed by atoms with Crippen molar-refractivity contribution in [3.63, 3.8) is 0 Å². The van der Waals surface area contributed by atoms with Crippen LogP contribution in [0.5, 0.6) is 0 Å². The van der Waals surface area contributed by atoms with E-state index >= 15 is 0 Å². The lowest BCUT2D eigenvalue weighted by molar-refractivity contribution is 0.169. The lowest BCUT2D eigenvalue weighted by Gasteiger charge is -2.38. The van der Waals surface area contributed by atoms with E-state index in [9.17, 15) is 8.42 Å². The third-order valence-electron chi connectivity index (χ3n) is 4.60. The van der Waals surface area contributed by atoms with Gasteiger partial charge in [-0.15, -0.1) is 11.3 Å². The summed E-state index contributed by atoms with van der Waals surface area (Å²) in [7, 11) is -3.31. The molecule has 1 fully saturated rings. The van der Waals surface area contributed by atoms with Crippen LogP contribution >= 0.6 is 11.3 Å². The summed E-state index contributed by atoms with van der Waals surface area (Å²) in [6, 6.07) is 1.82. The summed E-state index contributed by atoms with van der Waals surface area (Å²) in [5.74, 6) is 0. The SMILES string of the molecule is CCNCc1cc(S(=O)(=O)N2CCC(C)(CC)CC2)cs1. The molecular formula is C15H26N2O2S2. The Morgan fingerprint density at radius 3 is 2.57 bits per heavy atom. The van der Waals surface area contributed by atoms with Crippen molar-refractivity contribution in [2.45, 2.75) is 51.5 Å². The monoisotopic (exact) mass is 330 g/mol. The molecule has 1 aromatic rings. The van der Waals surface area contributed by atoms with Gasteiger partial charge in [0, 0.05) is 29.9 Å². The summed E-state index contributed by atoms with van der Waals surface area (Å²) < 4.78 is 27.0. The Balaban J connectivity index is 2.07. The molecule has 120 valence electrons. The average molecular weight is 331 g/mol. The Kier molecular flexibility index (Phi) is 5.46. The van der Waals surface area contributed by atoms with Gasteiger partial charge in [0.15, 0.2) is 0 Å². The summed E-state index contributed by atoms with van der Waals surface area (Å²) in [5.41, 5.74) is 0.302. The Labute approximate surface area is 132 Å². The van der Waals surface area contributed by atoms with Crippen LogP contribution in [0, 0.1) is 5.41 Å². The summed E-state index contributed by atoms with van der Waals surface area (Å²) in [6.45, 7) is 9.41. The van der Waals surface area contributed by atoms with E-state index in [1.807, 2.05) is 13.0 Å². The molecule has 0 spiro atoms. The maximum atomic E-state index is 12.7. The second-order valence-corrected chi connectivity index (χ2v) is 9.03. The minimum absolute atomic E-state index is 0.302. The van der Waals surface area contributed by atoms with E-state index in [-0.39, 0.29) is 0 Å². The summed E-state index contributed by atoms with van der Waals surface area (Å²) in [4.78, 5) is 1.53. The van der Waals surface area contributed by atoms with Gasteiger partial charge in [0.2, 0.25) is 10.0 Å². The number of piperidine rings is 1. The van der Waals surface area contributed by atoms with Crippen molar-refractivity contribution >= 4 is 21.4 Å². The first-order valence-electron chi connectivity index (χ1n) is 7.69. The third-order valence-corrected chi connectivity index (χ3v) is 7.56. The highest BCUT2D eigenvalue weighted by molar-refractivity contribution is 7.89. The molecule has 1 N–H and O–H groups in total. The quantitative estimate of drug-likeness (QED) is 0.872. The van der Waals surface area contributed by atoms with Crippen LogP contribution in [0.25, 0.3) is 0 Å². The Hall–Kier alpha value is -0.430. The van der Waals surface area contributed by atoms with Crippen LogP contribution in [0.15, 0.2) is 16.3 Å². The van der Waals surface area contributed by atoms with Gasteiger partial charge in [-0.25, -0.2) is 8.42 Å².